The third-order valence-electron chi connectivity index (χ3n) is 3.56. The van der Waals surface area contributed by atoms with Crippen LogP contribution in [0.3, 0.4) is 0 Å². The van der Waals surface area contributed by atoms with Crippen molar-refractivity contribution < 1.29 is 29.3 Å². The summed E-state index contributed by atoms with van der Waals surface area (Å²) in [5.74, 6) is -2.95. The summed E-state index contributed by atoms with van der Waals surface area (Å²) in [6.07, 6.45) is 3.32. The van der Waals surface area contributed by atoms with Crippen LogP contribution in [0.25, 0.3) is 0 Å². The number of carbonyl (C=O) groups is 3. The number of benzene rings is 1. The lowest BCUT2D eigenvalue weighted by molar-refractivity contribution is -0.159. The summed E-state index contributed by atoms with van der Waals surface area (Å²) >= 11 is 3.50. The van der Waals surface area contributed by atoms with Gasteiger partial charge in [0.2, 0.25) is 5.91 Å². The number of hydrogen-bond donors (Lipinski definition) is 3. The number of ether oxygens (including phenoxy) is 1. The molecule has 0 spiro atoms. The molecule has 1 amide bonds. The number of carbonyl (C=O) groups excluding carboxylic acids is 1. The van der Waals surface area contributed by atoms with E-state index in [0.29, 0.717) is 6.42 Å². The van der Waals surface area contributed by atoms with E-state index in [-0.39, 0.29) is 5.91 Å². The van der Waals surface area contributed by atoms with Gasteiger partial charge in [0.15, 0.2) is 0 Å². The lowest BCUT2D eigenvalue weighted by Gasteiger charge is -2.22. The van der Waals surface area contributed by atoms with Crippen LogP contribution in [0, 0.1) is 0 Å². The number of hydrogen-bond acceptors (Lipinski definition) is 5. The molecular weight excluding hydrogens is 420 g/mol. The van der Waals surface area contributed by atoms with Gasteiger partial charge in [-0.25, -0.2) is 9.59 Å². The molecule has 0 fully saturated rings. The molecule has 0 radical (unpaired) electrons. The van der Waals surface area contributed by atoms with Gasteiger partial charge in [-0.05, 0) is 56.1 Å². The average molecular weight is 447 g/mol. The van der Waals surface area contributed by atoms with Crippen molar-refractivity contribution >= 4 is 33.8 Å². The summed E-state index contributed by atoms with van der Waals surface area (Å²) in [5.41, 5.74) is 6.39. The van der Waals surface area contributed by atoms with E-state index in [1.807, 2.05) is 12.1 Å². The molecule has 0 atom stereocenters. The standard InChI is InChI=1S/C16H25BrN2O2.C2H2O4/c1-3-9-19(10-4-5-16(18)20)11-8-13-12-14(17)6-7-15(13)21-2;3-1(4)2(5)6/h6-7,12H,3-5,8-11H2,1-2H3,(H2,18,20);(H,3,4)(H,5,6). The van der Waals surface area contributed by atoms with Crippen LogP contribution in [0.15, 0.2) is 22.7 Å². The number of halogens is 1. The van der Waals surface area contributed by atoms with Crippen LogP contribution < -0.4 is 10.5 Å². The van der Waals surface area contributed by atoms with Crippen LogP contribution >= 0.6 is 15.9 Å². The topological polar surface area (TPSA) is 130 Å². The highest BCUT2D eigenvalue weighted by Crippen LogP contribution is 2.23. The summed E-state index contributed by atoms with van der Waals surface area (Å²) in [6, 6.07) is 6.07. The van der Waals surface area contributed by atoms with Gasteiger partial charge in [0.1, 0.15) is 5.75 Å². The number of nitrogens with two attached hydrogens (primary N) is 1. The first-order valence-electron chi connectivity index (χ1n) is 8.50. The Morgan fingerprint density at radius 3 is 2.26 bits per heavy atom. The van der Waals surface area contributed by atoms with Gasteiger partial charge in [-0.2, -0.15) is 0 Å². The van der Waals surface area contributed by atoms with Gasteiger partial charge in [-0.3, -0.25) is 4.79 Å². The molecule has 8 nitrogen and oxygen atoms in total. The van der Waals surface area contributed by atoms with Crippen molar-refractivity contribution in [2.45, 2.75) is 32.6 Å². The fourth-order valence-electron chi connectivity index (χ4n) is 2.35. The Balaban J connectivity index is 0.000000972. The predicted molar refractivity (Wildman–Crippen MR) is 105 cm³/mol. The molecule has 0 saturated carbocycles. The SMILES string of the molecule is CCCN(CCCC(N)=O)CCc1cc(Br)ccc1OC.O=C(O)C(=O)O. The van der Waals surface area contributed by atoms with Crippen LogP contribution in [0.2, 0.25) is 0 Å². The van der Waals surface area contributed by atoms with Gasteiger partial charge in [-0.1, -0.05) is 22.9 Å². The van der Waals surface area contributed by atoms with Crippen molar-refractivity contribution in [3.05, 3.63) is 28.2 Å². The molecule has 1 aromatic rings. The van der Waals surface area contributed by atoms with Gasteiger partial charge in [-0.15, -0.1) is 0 Å². The Hall–Kier alpha value is -2.13. The third kappa shape index (κ3) is 12.0. The fourth-order valence-corrected chi connectivity index (χ4v) is 2.76. The molecule has 0 aliphatic heterocycles. The molecule has 0 aliphatic carbocycles. The number of nitrogens with zero attached hydrogens (tertiary/aromatic N) is 1. The van der Waals surface area contributed by atoms with Gasteiger partial charge in [0.25, 0.3) is 0 Å². The fraction of sp³-hybridized carbons (Fsp3) is 0.500. The molecular formula is C18H27BrN2O6. The minimum absolute atomic E-state index is 0.222. The van der Waals surface area contributed by atoms with E-state index in [2.05, 4.69) is 33.8 Å². The summed E-state index contributed by atoms with van der Waals surface area (Å²) in [4.78, 5) is 31.4. The normalized spacial score (nSPS) is 10.1. The first kappa shape index (κ1) is 24.9. The summed E-state index contributed by atoms with van der Waals surface area (Å²) in [5, 5.41) is 14.8. The van der Waals surface area contributed by atoms with Crippen LogP contribution in [0.1, 0.15) is 31.7 Å². The van der Waals surface area contributed by atoms with Crippen molar-refractivity contribution in [1.29, 1.82) is 0 Å². The van der Waals surface area contributed by atoms with Crippen LogP contribution in [-0.4, -0.2) is 59.7 Å². The first-order valence-corrected chi connectivity index (χ1v) is 9.29. The Bertz CT molecular complexity index is 612. The predicted octanol–water partition coefficient (Wildman–Crippen LogP) is 2.13. The van der Waals surface area contributed by atoms with Crippen molar-refractivity contribution in [1.82, 2.24) is 4.90 Å². The molecule has 4 N–H and O–H groups in total. The molecule has 1 rings (SSSR count). The van der Waals surface area contributed by atoms with E-state index in [4.69, 9.17) is 30.3 Å². The average Bonchev–Trinajstić information content (AvgIpc) is 2.60. The molecule has 9 heteroatoms. The molecule has 0 aliphatic rings. The number of aliphatic carboxylic acids is 2. The zero-order valence-electron chi connectivity index (χ0n) is 15.6. The largest absolute Gasteiger partial charge is 0.496 e. The molecule has 0 saturated heterocycles. The zero-order chi connectivity index (χ0) is 20.8. The molecule has 0 bridgehead atoms. The lowest BCUT2D eigenvalue weighted by Crippen LogP contribution is -2.29. The van der Waals surface area contributed by atoms with Gasteiger partial charge >= 0.3 is 11.9 Å². The van der Waals surface area contributed by atoms with Crippen molar-refractivity contribution in [3.8, 4) is 5.75 Å². The minimum atomic E-state index is -1.82. The Kier molecular flexibility index (Phi) is 12.9. The maximum atomic E-state index is 10.8. The second-order valence-electron chi connectivity index (χ2n) is 5.73. The van der Waals surface area contributed by atoms with Crippen LogP contribution in [0.4, 0.5) is 0 Å². The van der Waals surface area contributed by atoms with E-state index in [1.165, 1.54) is 5.56 Å². The zero-order valence-corrected chi connectivity index (χ0v) is 17.2. The lowest BCUT2D eigenvalue weighted by atomic mass is 10.1. The van der Waals surface area contributed by atoms with E-state index in [9.17, 15) is 4.79 Å². The van der Waals surface area contributed by atoms with E-state index in [1.54, 1.807) is 7.11 Å². The first-order chi connectivity index (χ1) is 12.7. The molecule has 1 aromatic carbocycles. The smallest absolute Gasteiger partial charge is 0.414 e. The van der Waals surface area contributed by atoms with E-state index >= 15 is 0 Å². The highest BCUT2D eigenvalue weighted by Gasteiger charge is 2.09. The second kappa shape index (κ2) is 14.0. The van der Waals surface area contributed by atoms with Gasteiger partial charge in [0, 0.05) is 17.4 Å². The van der Waals surface area contributed by atoms with Crippen LogP contribution in [0.5, 0.6) is 5.75 Å². The molecule has 152 valence electrons. The maximum Gasteiger partial charge on any atom is 0.414 e. The number of methoxy groups -OCH3 is 1. The second-order valence-corrected chi connectivity index (χ2v) is 6.64. The summed E-state index contributed by atoms with van der Waals surface area (Å²) in [7, 11) is 1.70. The number of amides is 1. The third-order valence-corrected chi connectivity index (χ3v) is 4.05. The number of rotatable bonds is 10. The van der Waals surface area contributed by atoms with E-state index in [0.717, 1.165) is 49.1 Å². The number of carboxylic acids is 2. The Morgan fingerprint density at radius 2 is 1.78 bits per heavy atom. The molecule has 0 unspecified atom stereocenters. The highest BCUT2D eigenvalue weighted by atomic mass is 79.9. The van der Waals surface area contributed by atoms with Crippen LogP contribution in [-0.2, 0) is 20.8 Å². The van der Waals surface area contributed by atoms with Gasteiger partial charge < -0.3 is 25.6 Å². The van der Waals surface area contributed by atoms with Crippen molar-refractivity contribution in [3.63, 3.8) is 0 Å². The van der Waals surface area contributed by atoms with E-state index < -0.39 is 11.9 Å². The summed E-state index contributed by atoms with van der Waals surface area (Å²) < 4.78 is 6.47. The molecule has 0 aromatic heterocycles. The molecule has 0 heterocycles. The number of carboxylic acid groups (broad SMARTS) is 2. The Morgan fingerprint density at radius 1 is 1.15 bits per heavy atom. The summed E-state index contributed by atoms with van der Waals surface area (Å²) in [6.45, 7) is 5.07. The van der Waals surface area contributed by atoms with Crippen molar-refractivity contribution in [2.75, 3.05) is 26.7 Å². The molecule has 27 heavy (non-hydrogen) atoms. The maximum absolute atomic E-state index is 10.8. The number of primary amides is 1. The Labute approximate surface area is 167 Å². The highest BCUT2D eigenvalue weighted by molar-refractivity contribution is 9.10. The van der Waals surface area contributed by atoms with Crippen molar-refractivity contribution in [2.24, 2.45) is 5.73 Å². The minimum Gasteiger partial charge on any atom is -0.496 e. The quantitative estimate of drug-likeness (QED) is 0.469. The monoisotopic (exact) mass is 446 g/mol. The van der Waals surface area contributed by atoms with Gasteiger partial charge in [0.05, 0.1) is 7.11 Å².